The van der Waals surface area contributed by atoms with Gasteiger partial charge in [-0.2, -0.15) is 4.99 Å². The zero-order chi connectivity index (χ0) is 22.9. The molecule has 2 saturated heterocycles. The molecule has 0 N–H and O–H groups in total. The average Bonchev–Trinajstić information content (AvgIpc) is 3.23. The van der Waals surface area contributed by atoms with Crippen LogP contribution in [-0.2, 0) is 21.1 Å². The standard InChI is InChI=1S/C22H23ClN2O5S2/c1-29-18-11-19(30-2)16(10-15(18)23)25-17-12-32(27,28)13-20(17)31-22(25)24-21(26)9-8-14-6-4-3-5-7-14/h3-7,10-11,17,20H,8-9,12-13H2,1-2H3/t17-,20+/m1/s1. The van der Waals surface area contributed by atoms with Crippen molar-refractivity contribution in [3.8, 4) is 11.5 Å². The van der Waals surface area contributed by atoms with Gasteiger partial charge in [0.05, 0.1) is 42.5 Å². The number of amides is 1. The molecule has 170 valence electrons. The lowest BCUT2D eigenvalue weighted by Gasteiger charge is -2.26. The number of ether oxygens (including phenoxy) is 2. The molecule has 4 rings (SSSR count). The third-order valence-corrected chi connectivity index (χ3v) is 8.98. The molecule has 0 saturated carbocycles. The van der Waals surface area contributed by atoms with E-state index in [0.717, 1.165) is 5.56 Å². The first kappa shape index (κ1) is 22.9. The van der Waals surface area contributed by atoms with Crippen molar-refractivity contribution in [1.29, 1.82) is 0 Å². The van der Waals surface area contributed by atoms with E-state index in [1.54, 1.807) is 17.0 Å². The van der Waals surface area contributed by atoms with Crippen molar-refractivity contribution in [2.45, 2.75) is 24.1 Å². The number of rotatable bonds is 6. The second-order valence-corrected chi connectivity index (χ2v) is 11.4. The first-order chi connectivity index (χ1) is 15.3. The molecule has 0 radical (unpaired) electrons. The van der Waals surface area contributed by atoms with Gasteiger partial charge in [0.2, 0.25) is 5.91 Å². The predicted molar refractivity (Wildman–Crippen MR) is 128 cm³/mol. The maximum absolute atomic E-state index is 12.7. The molecule has 32 heavy (non-hydrogen) atoms. The van der Waals surface area contributed by atoms with Crippen LogP contribution in [0.2, 0.25) is 5.02 Å². The van der Waals surface area contributed by atoms with Gasteiger partial charge in [0.25, 0.3) is 0 Å². The number of hydrogen-bond acceptors (Lipinski definition) is 6. The van der Waals surface area contributed by atoms with Crippen molar-refractivity contribution in [3.05, 3.63) is 53.1 Å². The molecule has 0 aliphatic carbocycles. The van der Waals surface area contributed by atoms with E-state index in [1.165, 1.54) is 26.0 Å². The number of anilines is 1. The Morgan fingerprint density at radius 3 is 2.56 bits per heavy atom. The van der Waals surface area contributed by atoms with Crippen molar-refractivity contribution in [3.63, 3.8) is 0 Å². The van der Waals surface area contributed by atoms with Crippen LogP contribution in [0.1, 0.15) is 12.0 Å². The smallest absolute Gasteiger partial charge is 0.248 e. The highest BCUT2D eigenvalue weighted by atomic mass is 35.5. The van der Waals surface area contributed by atoms with E-state index in [1.807, 2.05) is 30.3 Å². The maximum Gasteiger partial charge on any atom is 0.248 e. The highest BCUT2D eigenvalue weighted by Crippen LogP contribution is 2.46. The van der Waals surface area contributed by atoms with Crippen LogP contribution < -0.4 is 14.4 Å². The predicted octanol–water partition coefficient (Wildman–Crippen LogP) is 3.59. The fourth-order valence-corrected chi connectivity index (χ4v) is 8.10. The number of thioether (sulfide) groups is 1. The van der Waals surface area contributed by atoms with Crippen molar-refractivity contribution in [2.24, 2.45) is 4.99 Å². The highest BCUT2D eigenvalue weighted by Gasteiger charge is 2.50. The van der Waals surface area contributed by atoms with Gasteiger partial charge in [-0.15, -0.1) is 0 Å². The summed E-state index contributed by atoms with van der Waals surface area (Å²) in [5.41, 5.74) is 1.62. The van der Waals surface area contributed by atoms with E-state index >= 15 is 0 Å². The summed E-state index contributed by atoms with van der Waals surface area (Å²) in [7, 11) is -0.170. The quantitative estimate of drug-likeness (QED) is 0.606. The zero-order valence-corrected chi connectivity index (χ0v) is 20.0. The molecule has 2 aromatic carbocycles. The Morgan fingerprint density at radius 1 is 1.16 bits per heavy atom. The van der Waals surface area contributed by atoms with Gasteiger partial charge >= 0.3 is 0 Å². The fraction of sp³-hybridized carbons (Fsp3) is 0.364. The lowest BCUT2D eigenvalue weighted by Crippen LogP contribution is -2.38. The maximum atomic E-state index is 12.7. The Labute approximate surface area is 196 Å². The van der Waals surface area contributed by atoms with Gasteiger partial charge in [-0.25, -0.2) is 8.42 Å². The molecular weight excluding hydrogens is 472 g/mol. The number of halogens is 1. The number of aryl methyl sites for hydroxylation is 1. The third-order valence-electron chi connectivity index (χ3n) is 5.47. The Morgan fingerprint density at radius 2 is 1.88 bits per heavy atom. The molecule has 2 fully saturated rings. The second-order valence-electron chi connectivity index (χ2n) is 7.60. The number of carbonyl (C=O) groups is 1. The summed E-state index contributed by atoms with van der Waals surface area (Å²) in [4.78, 5) is 18.8. The number of methoxy groups -OCH3 is 2. The SMILES string of the molecule is COc1cc(OC)c(N2C(=NC(=O)CCc3ccccc3)S[C@H]3CS(=O)(=O)C[C@H]32)cc1Cl. The largest absolute Gasteiger partial charge is 0.495 e. The molecule has 0 aromatic heterocycles. The number of carbonyl (C=O) groups excluding carboxylic acids is 1. The third kappa shape index (κ3) is 4.74. The van der Waals surface area contributed by atoms with Crippen LogP contribution >= 0.6 is 23.4 Å². The Balaban J connectivity index is 1.67. The van der Waals surface area contributed by atoms with Crippen LogP contribution in [0.15, 0.2) is 47.5 Å². The first-order valence-electron chi connectivity index (χ1n) is 10.0. The molecule has 1 amide bonds. The number of sulfone groups is 1. The minimum atomic E-state index is -3.19. The minimum absolute atomic E-state index is 0.0192. The van der Waals surface area contributed by atoms with Crippen LogP contribution in [0.4, 0.5) is 5.69 Å². The van der Waals surface area contributed by atoms with Gasteiger partial charge in [-0.05, 0) is 18.1 Å². The van der Waals surface area contributed by atoms with Crippen molar-refractivity contribution < 1.29 is 22.7 Å². The van der Waals surface area contributed by atoms with Gasteiger partial charge in [0.15, 0.2) is 15.0 Å². The topological polar surface area (TPSA) is 85.3 Å². The van der Waals surface area contributed by atoms with E-state index in [0.29, 0.717) is 33.8 Å². The number of aliphatic imine (C=N–C) groups is 1. The summed E-state index contributed by atoms with van der Waals surface area (Å²) in [6.07, 6.45) is 0.843. The lowest BCUT2D eigenvalue weighted by atomic mass is 10.1. The summed E-state index contributed by atoms with van der Waals surface area (Å²) >= 11 is 7.69. The van der Waals surface area contributed by atoms with Crippen LogP contribution in [0.3, 0.4) is 0 Å². The molecule has 2 atom stereocenters. The van der Waals surface area contributed by atoms with Crippen molar-refractivity contribution in [1.82, 2.24) is 0 Å². The number of amidine groups is 1. The average molecular weight is 495 g/mol. The Bertz CT molecular complexity index is 1150. The number of fused-ring (bicyclic) bond motifs is 1. The van der Waals surface area contributed by atoms with E-state index in [-0.39, 0.29) is 35.1 Å². The van der Waals surface area contributed by atoms with Gasteiger partial charge < -0.3 is 14.4 Å². The Kier molecular flexibility index (Phi) is 6.69. The molecule has 0 spiro atoms. The monoisotopic (exact) mass is 494 g/mol. The molecule has 7 nitrogen and oxygen atoms in total. The summed E-state index contributed by atoms with van der Waals surface area (Å²) in [6.45, 7) is 0. The molecular formula is C22H23ClN2O5S2. The Hall–Kier alpha value is -2.23. The summed E-state index contributed by atoms with van der Waals surface area (Å²) in [5.74, 6) is 0.660. The molecule has 0 bridgehead atoms. The van der Waals surface area contributed by atoms with Gasteiger partial charge in [-0.3, -0.25) is 4.79 Å². The number of hydrogen-bond donors (Lipinski definition) is 0. The molecule has 2 aromatic rings. The van der Waals surface area contributed by atoms with Gasteiger partial charge in [0.1, 0.15) is 11.5 Å². The normalized spacial score (nSPS) is 22.7. The van der Waals surface area contributed by atoms with Crippen molar-refractivity contribution >= 4 is 50.0 Å². The van der Waals surface area contributed by atoms with Crippen LogP contribution in [-0.4, -0.2) is 56.5 Å². The summed E-state index contributed by atoms with van der Waals surface area (Å²) < 4.78 is 35.4. The first-order valence-corrected chi connectivity index (χ1v) is 13.1. The number of nitrogens with zero attached hydrogens (tertiary/aromatic N) is 2. The molecule has 2 aliphatic rings. The molecule has 2 heterocycles. The van der Waals surface area contributed by atoms with Crippen LogP contribution in [0.25, 0.3) is 0 Å². The fourth-order valence-electron chi connectivity index (χ4n) is 3.94. The summed E-state index contributed by atoms with van der Waals surface area (Å²) in [6, 6.07) is 12.7. The molecule has 10 heteroatoms. The van der Waals surface area contributed by atoms with Crippen molar-refractivity contribution in [2.75, 3.05) is 30.6 Å². The second kappa shape index (κ2) is 9.33. The van der Waals surface area contributed by atoms with Gasteiger partial charge in [0, 0.05) is 17.7 Å². The zero-order valence-electron chi connectivity index (χ0n) is 17.7. The molecule has 2 aliphatic heterocycles. The van der Waals surface area contributed by atoms with Crippen LogP contribution in [0.5, 0.6) is 11.5 Å². The van der Waals surface area contributed by atoms with Crippen LogP contribution in [0, 0.1) is 0 Å². The lowest BCUT2D eigenvalue weighted by molar-refractivity contribution is -0.117. The van der Waals surface area contributed by atoms with E-state index in [2.05, 4.69) is 4.99 Å². The molecule has 0 unspecified atom stereocenters. The van der Waals surface area contributed by atoms with E-state index in [4.69, 9.17) is 21.1 Å². The van der Waals surface area contributed by atoms with Gasteiger partial charge in [-0.1, -0.05) is 53.7 Å². The highest BCUT2D eigenvalue weighted by molar-refractivity contribution is 8.16. The summed E-state index contributed by atoms with van der Waals surface area (Å²) in [5, 5.41) is 0.603. The van der Waals surface area contributed by atoms with E-state index in [9.17, 15) is 13.2 Å². The van der Waals surface area contributed by atoms with E-state index < -0.39 is 9.84 Å². The number of benzene rings is 2. The minimum Gasteiger partial charge on any atom is -0.495 e.